The van der Waals surface area contributed by atoms with E-state index in [1.54, 1.807) is 0 Å². The molecule has 2 rings (SSSR count). The standard InChI is InChI=1S/C15H25NO/c1-3-7-15(17,8-4-2)14(11-16)10-12-5-6-13(14)9-12/h12-13,17H,3-10H2,1-2H3. The summed E-state index contributed by atoms with van der Waals surface area (Å²) in [6.45, 7) is 4.22. The van der Waals surface area contributed by atoms with Crippen LogP contribution in [-0.2, 0) is 0 Å². The summed E-state index contributed by atoms with van der Waals surface area (Å²) in [6.07, 6.45) is 8.09. The van der Waals surface area contributed by atoms with Gasteiger partial charge in [0.2, 0.25) is 0 Å². The van der Waals surface area contributed by atoms with Crippen molar-refractivity contribution in [3.63, 3.8) is 0 Å². The normalized spacial score (nSPS) is 36.1. The molecular formula is C15H25NO. The van der Waals surface area contributed by atoms with Gasteiger partial charge in [-0.25, -0.2) is 0 Å². The highest BCUT2D eigenvalue weighted by Crippen LogP contribution is 2.62. The first-order valence-electron chi connectivity index (χ1n) is 7.25. The first-order valence-corrected chi connectivity index (χ1v) is 7.25. The van der Waals surface area contributed by atoms with E-state index in [0.717, 1.165) is 38.5 Å². The fourth-order valence-electron chi connectivity index (χ4n) is 4.54. The second kappa shape index (κ2) is 4.61. The Morgan fingerprint density at radius 2 is 1.94 bits per heavy atom. The summed E-state index contributed by atoms with van der Waals surface area (Å²) >= 11 is 0. The van der Waals surface area contributed by atoms with Gasteiger partial charge in [-0.2, -0.15) is 5.26 Å². The van der Waals surface area contributed by atoms with Crippen LogP contribution in [0.1, 0.15) is 65.2 Å². The van der Waals surface area contributed by atoms with Crippen molar-refractivity contribution in [2.75, 3.05) is 0 Å². The number of hydrogen-bond acceptors (Lipinski definition) is 2. The van der Waals surface area contributed by atoms with Gasteiger partial charge in [-0.15, -0.1) is 0 Å². The monoisotopic (exact) mass is 235 g/mol. The van der Waals surface area contributed by atoms with Crippen molar-refractivity contribution >= 4 is 0 Å². The summed E-state index contributed by atoms with van der Waals surface area (Å²) < 4.78 is 0. The van der Waals surface area contributed by atoms with Crippen LogP contribution in [0.25, 0.3) is 0 Å². The van der Waals surface area contributed by atoms with Gasteiger partial charge < -0.3 is 5.11 Å². The smallest absolute Gasteiger partial charge is 0.0890 e. The quantitative estimate of drug-likeness (QED) is 0.790. The third kappa shape index (κ3) is 1.80. The molecule has 17 heavy (non-hydrogen) atoms. The molecule has 0 aromatic rings. The molecule has 0 aromatic carbocycles. The molecule has 0 radical (unpaired) electrons. The first-order chi connectivity index (χ1) is 8.12. The Morgan fingerprint density at radius 3 is 2.29 bits per heavy atom. The average Bonchev–Trinajstić information content (AvgIpc) is 2.89. The van der Waals surface area contributed by atoms with Crippen LogP contribution in [0.4, 0.5) is 0 Å². The molecule has 1 N–H and O–H groups in total. The summed E-state index contributed by atoms with van der Waals surface area (Å²) in [6, 6.07) is 2.57. The Hall–Kier alpha value is -0.550. The van der Waals surface area contributed by atoms with Crippen LogP contribution in [0.3, 0.4) is 0 Å². The van der Waals surface area contributed by atoms with Crippen molar-refractivity contribution in [3.8, 4) is 6.07 Å². The molecule has 2 fully saturated rings. The van der Waals surface area contributed by atoms with Gasteiger partial charge in [-0.05, 0) is 43.9 Å². The highest BCUT2D eigenvalue weighted by molar-refractivity contribution is 5.20. The Bertz CT molecular complexity index is 313. The highest BCUT2D eigenvalue weighted by atomic mass is 16.3. The topological polar surface area (TPSA) is 44.0 Å². The molecule has 0 amide bonds. The van der Waals surface area contributed by atoms with E-state index in [0.29, 0.717) is 11.8 Å². The minimum atomic E-state index is -0.731. The maximum absolute atomic E-state index is 11.1. The minimum Gasteiger partial charge on any atom is -0.388 e. The van der Waals surface area contributed by atoms with Crippen LogP contribution < -0.4 is 0 Å². The molecule has 2 saturated carbocycles. The average molecular weight is 235 g/mol. The molecule has 0 saturated heterocycles. The van der Waals surface area contributed by atoms with Crippen molar-refractivity contribution in [2.45, 2.75) is 70.8 Å². The minimum absolute atomic E-state index is 0.429. The molecule has 2 aliphatic rings. The molecule has 3 unspecified atom stereocenters. The van der Waals surface area contributed by atoms with E-state index in [1.807, 2.05) is 0 Å². The Labute approximate surface area is 105 Å². The van der Waals surface area contributed by atoms with Crippen molar-refractivity contribution < 1.29 is 5.11 Å². The van der Waals surface area contributed by atoms with Gasteiger partial charge in [0.1, 0.15) is 0 Å². The second-order valence-electron chi connectivity index (χ2n) is 6.19. The lowest BCUT2D eigenvalue weighted by molar-refractivity contribution is -0.0945. The first kappa shape index (κ1) is 12.9. The zero-order valence-corrected chi connectivity index (χ0v) is 11.2. The summed E-state index contributed by atoms with van der Waals surface area (Å²) in [5.74, 6) is 1.17. The molecule has 96 valence electrons. The molecule has 0 spiro atoms. The Kier molecular flexibility index (Phi) is 3.50. The zero-order valence-electron chi connectivity index (χ0n) is 11.2. The number of hydrogen-bond donors (Lipinski definition) is 1. The summed E-state index contributed by atoms with van der Waals surface area (Å²) in [5, 5.41) is 20.8. The molecule has 0 heterocycles. The van der Waals surface area contributed by atoms with E-state index < -0.39 is 11.0 Å². The van der Waals surface area contributed by atoms with Crippen molar-refractivity contribution in [3.05, 3.63) is 0 Å². The molecule has 3 atom stereocenters. The van der Waals surface area contributed by atoms with Gasteiger partial charge >= 0.3 is 0 Å². The van der Waals surface area contributed by atoms with Gasteiger partial charge in [-0.1, -0.05) is 33.1 Å². The lowest BCUT2D eigenvalue weighted by Gasteiger charge is -2.45. The van der Waals surface area contributed by atoms with Gasteiger partial charge in [0.15, 0.2) is 0 Å². The lowest BCUT2D eigenvalue weighted by atomic mass is 9.60. The van der Waals surface area contributed by atoms with Gasteiger partial charge in [-0.3, -0.25) is 0 Å². The molecule has 2 aliphatic carbocycles. The van der Waals surface area contributed by atoms with E-state index in [9.17, 15) is 10.4 Å². The van der Waals surface area contributed by atoms with E-state index in [4.69, 9.17) is 0 Å². The number of nitrogens with zero attached hydrogens (tertiary/aromatic N) is 1. The fraction of sp³-hybridized carbons (Fsp3) is 0.933. The van der Waals surface area contributed by atoms with E-state index >= 15 is 0 Å². The number of fused-ring (bicyclic) bond motifs is 2. The van der Waals surface area contributed by atoms with Crippen molar-refractivity contribution in [2.24, 2.45) is 17.3 Å². The van der Waals surface area contributed by atoms with Crippen molar-refractivity contribution in [1.29, 1.82) is 5.26 Å². The summed E-state index contributed by atoms with van der Waals surface area (Å²) in [7, 11) is 0. The van der Waals surface area contributed by atoms with Crippen LogP contribution >= 0.6 is 0 Å². The Morgan fingerprint density at radius 1 is 1.29 bits per heavy atom. The lowest BCUT2D eigenvalue weighted by Crippen LogP contribution is -2.50. The summed E-state index contributed by atoms with van der Waals surface area (Å²) in [5.41, 5.74) is -1.16. The third-order valence-electron chi connectivity index (χ3n) is 5.21. The Balaban J connectivity index is 2.30. The van der Waals surface area contributed by atoms with Crippen LogP contribution in [0.15, 0.2) is 0 Å². The molecule has 2 heteroatoms. The van der Waals surface area contributed by atoms with Crippen LogP contribution in [-0.4, -0.2) is 10.7 Å². The number of nitriles is 1. The molecule has 0 aromatic heterocycles. The van der Waals surface area contributed by atoms with E-state index in [1.165, 1.54) is 12.8 Å². The van der Waals surface area contributed by atoms with Crippen LogP contribution in [0, 0.1) is 28.6 Å². The molecule has 2 bridgehead atoms. The molecular weight excluding hydrogens is 210 g/mol. The fourth-order valence-corrected chi connectivity index (χ4v) is 4.54. The van der Waals surface area contributed by atoms with Gasteiger partial charge in [0, 0.05) is 0 Å². The van der Waals surface area contributed by atoms with Crippen molar-refractivity contribution in [1.82, 2.24) is 0 Å². The van der Waals surface area contributed by atoms with E-state index in [-0.39, 0.29) is 0 Å². The predicted molar refractivity (Wildman–Crippen MR) is 68.3 cm³/mol. The molecule has 2 nitrogen and oxygen atoms in total. The number of rotatable bonds is 5. The van der Waals surface area contributed by atoms with Crippen LogP contribution in [0.2, 0.25) is 0 Å². The number of aliphatic hydroxyl groups is 1. The van der Waals surface area contributed by atoms with Crippen LogP contribution in [0.5, 0.6) is 0 Å². The van der Waals surface area contributed by atoms with Gasteiger partial charge in [0.25, 0.3) is 0 Å². The second-order valence-corrected chi connectivity index (χ2v) is 6.19. The SMILES string of the molecule is CCCC(O)(CCC)C1(C#N)CC2CCC1C2. The predicted octanol–water partition coefficient (Wildman–Crippen LogP) is 3.65. The van der Waals surface area contributed by atoms with E-state index in [2.05, 4.69) is 19.9 Å². The maximum Gasteiger partial charge on any atom is 0.0890 e. The zero-order chi connectivity index (χ0) is 12.5. The highest BCUT2D eigenvalue weighted by Gasteiger charge is 2.61. The summed E-state index contributed by atoms with van der Waals surface area (Å²) in [4.78, 5) is 0. The molecule has 0 aliphatic heterocycles. The largest absolute Gasteiger partial charge is 0.388 e. The third-order valence-corrected chi connectivity index (χ3v) is 5.21. The van der Waals surface area contributed by atoms with Gasteiger partial charge in [0.05, 0.1) is 17.1 Å². The maximum atomic E-state index is 11.1.